The molecule has 0 aliphatic carbocycles. The first-order valence-corrected chi connectivity index (χ1v) is 18.5. The van der Waals surface area contributed by atoms with Crippen LogP contribution in [0.25, 0.3) is 106 Å². The molecular formula is C49H30N6O. The molecule has 4 heterocycles. The molecule has 7 heteroatoms. The van der Waals surface area contributed by atoms with Gasteiger partial charge >= 0.3 is 0 Å². The lowest BCUT2D eigenvalue weighted by Crippen LogP contribution is -2.02. The monoisotopic (exact) mass is 718 g/mol. The van der Waals surface area contributed by atoms with Gasteiger partial charge in [0.2, 0.25) is 5.82 Å². The summed E-state index contributed by atoms with van der Waals surface area (Å²) in [7, 11) is 0. The van der Waals surface area contributed by atoms with Gasteiger partial charge in [0.05, 0.1) is 11.0 Å². The molecule has 0 N–H and O–H groups in total. The minimum Gasteiger partial charge on any atom is -0.455 e. The van der Waals surface area contributed by atoms with Gasteiger partial charge in [-0.3, -0.25) is 0 Å². The van der Waals surface area contributed by atoms with Crippen molar-refractivity contribution in [1.82, 2.24) is 29.5 Å². The van der Waals surface area contributed by atoms with Gasteiger partial charge in [-0.1, -0.05) is 140 Å². The number of hydrogen-bond acceptors (Lipinski definition) is 6. The number of rotatable bonds is 6. The Hall–Kier alpha value is -7.77. The van der Waals surface area contributed by atoms with E-state index in [0.717, 1.165) is 66.5 Å². The van der Waals surface area contributed by atoms with Crippen molar-refractivity contribution in [3.8, 4) is 62.4 Å². The van der Waals surface area contributed by atoms with Gasteiger partial charge in [0.1, 0.15) is 11.2 Å². The summed E-state index contributed by atoms with van der Waals surface area (Å²) >= 11 is 0. The van der Waals surface area contributed by atoms with E-state index in [2.05, 4.69) is 114 Å². The number of benzene rings is 7. The van der Waals surface area contributed by atoms with E-state index >= 15 is 0 Å². The van der Waals surface area contributed by atoms with Crippen LogP contribution >= 0.6 is 0 Å². The van der Waals surface area contributed by atoms with Crippen molar-refractivity contribution < 1.29 is 4.42 Å². The largest absolute Gasteiger partial charge is 0.455 e. The van der Waals surface area contributed by atoms with Gasteiger partial charge in [-0.2, -0.15) is 0 Å². The first-order valence-electron chi connectivity index (χ1n) is 18.5. The van der Waals surface area contributed by atoms with Crippen molar-refractivity contribution in [3.05, 3.63) is 182 Å². The van der Waals surface area contributed by atoms with Crippen LogP contribution < -0.4 is 0 Å². The summed E-state index contributed by atoms with van der Waals surface area (Å²) in [4.78, 5) is 24.0. The van der Waals surface area contributed by atoms with E-state index in [9.17, 15) is 0 Å². The van der Waals surface area contributed by atoms with Crippen LogP contribution in [0.2, 0.25) is 0 Å². The molecule has 56 heavy (non-hydrogen) atoms. The highest BCUT2D eigenvalue weighted by atomic mass is 16.3. The molecule has 0 atom stereocenters. The summed E-state index contributed by atoms with van der Waals surface area (Å²) < 4.78 is 9.18. The quantitative estimate of drug-likeness (QED) is 0.170. The average molecular weight is 719 g/mol. The van der Waals surface area contributed by atoms with Crippen molar-refractivity contribution in [2.75, 3.05) is 0 Å². The average Bonchev–Trinajstić information content (AvgIpc) is 3.83. The van der Waals surface area contributed by atoms with Gasteiger partial charge in [0.25, 0.3) is 0 Å². The fourth-order valence-electron chi connectivity index (χ4n) is 7.76. The number of fused-ring (bicyclic) bond motifs is 6. The van der Waals surface area contributed by atoms with Crippen molar-refractivity contribution in [1.29, 1.82) is 0 Å². The zero-order valence-electron chi connectivity index (χ0n) is 29.9. The van der Waals surface area contributed by atoms with E-state index in [-0.39, 0.29) is 0 Å². The smallest absolute Gasteiger partial charge is 0.201 e. The van der Waals surface area contributed by atoms with Gasteiger partial charge in [-0.05, 0) is 35.9 Å². The van der Waals surface area contributed by atoms with Gasteiger partial charge in [-0.15, -0.1) is 0 Å². The zero-order valence-corrected chi connectivity index (χ0v) is 29.9. The van der Waals surface area contributed by atoms with Gasteiger partial charge < -0.3 is 8.98 Å². The van der Waals surface area contributed by atoms with Crippen molar-refractivity contribution in [2.45, 2.75) is 0 Å². The Morgan fingerprint density at radius 1 is 0.357 bits per heavy atom. The SMILES string of the molecule is c1ccc(-c2nc(-c3ccccc3)nc(-c3ncc(-c4cccc5c4oc4c(-c6ccc7c(c6)c6ccccc6n7-c6ccccc6)cccc45)cn3)n2)cc1. The number of hydrogen-bond donors (Lipinski definition) is 0. The third-order valence-electron chi connectivity index (χ3n) is 10.4. The summed E-state index contributed by atoms with van der Waals surface area (Å²) in [6.45, 7) is 0. The summed E-state index contributed by atoms with van der Waals surface area (Å²) in [6.07, 6.45) is 3.63. The molecule has 0 bridgehead atoms. The molecule has 7 aromatic carbocycles. The topological polar surface area (TPSA) is 82.5 Å². The number of furan rings is 1. The maximum absolute atomic E-state index is 6.85. The molecule has 7 nitrogen and oxygen atoms in total. The number of para-hydroxylation sites is 4. The maximum Gasteiger partial charge on any atom is 0.201 e. The van der Waals surface area contributed by atoms with E-state index in [1.54, 1.807) is 0 Å². The Morgan fingerprint density at radius 3 is 1.52 bits per heavy atom. The molecule has 4 aromatic heterocycles. The van der Waals surface area contributed by atoms with Crippen LogP contribution in [0.3, 0.4) is 0 Å². The van der Waals surface area contributed by atoms with Crippen molar-refractivity contribution in [3.63, 3.8) is 0 Å². The highest BCUT2D eigenvalue weighted by Gasteiger charge is 2.19. The molecule has 0 radical (unpaired) electrons. The van der Waals surface area contributed by atoms with Gasteiger partial charge in [0.15, 0.2) is 17.5 Å². The van der Waals surface area contributed by atoms with E-state index in [0.29, 0.717) is 23.3 Å². The Balaban J connectivity index is 1.01. The maximum atomic E-state index is 6.85. The highest BCUT2D eigenvalue weighted by Crippen LogP contribution is 2.41. The van der Waals surface area contributed by atoms with E-state index < -0.39 is 0 Å². The molecule has 0 aliphatic heterocycles. The minimum absolute atomic E-state index is 0.403. The fraction of sp³-hybridized carbons (Fsp3) is 0. The van der Waals surface area contributed by atoms with E-state index in [1.807, 2.05) is 73.1 Å². The van der Waals surface area contributed by atoms with E-state index in [1.165, 1.54) is 16.3 Å². The Labute approximate surface area is 321 Å². The first kappa shape index (κ1) is 31.7. The molecule has 0 saturated heterocycles. The summed E-state index contributed by atoms with van der Waals surface area (Å²) in [5, 5.41) is 4.48. The number of aromatic nitrogens is 6. The summed E-state index contributed by atoms with van der Waals surface area (Å²) in [5.74, 6) is 1.94. The molecule has 11 aromatic rings. The molecular weight excluding hydrogens is 689 g/mol. The first-order chi connectivity index (χ1) is 27.8. The third kappa shape index (κ3) is 5.25. The summed E-state index contributed by atoms with van der Waals surface area (Å²) in [5.41, 5.74) is 10.7. The van der Waals surface area contributed by atoms with E-state index in [4.69, 9.17) is 29.3 Å². The highest BCUT2D eigenvalue weighted by molar-refractivity contribution is 6.15. The molecule has 262 valence electrons. The van der Waals surface area contributed by atoms with Crippen LogP contribution in [0.15, 0.2) is 187 Å². The van der Waals surface area contributed by atoms with Crippen molar-refractivity contribution >= 4 is 43.7 Å². The van der Waals surface area contributed by atoms with Crippen LogP contribution in [0.1, 0.15) is 0 Å². The van der Waals surface area contributed by atoms with Gasteiger partial charge in [0, 0.05) is 67.4 Å². The lowest BCUT2D eigenvalue weighted by molar-refractivity contribution is 0.671. The molecule has 0 saturated carbocycles. The molecule has 0 aliphatic rings. The van der Waals surface area contributed by atoms with Crippen LogP contribution in [-0.4, -0.2) is 29.5 Å². The Morgan fingerprint density at radius 2 is 0.875 bits per heavy atom. The number of nitrogens with zero attached hydrogens (tertiary/aromatic N) is 6. The van der Waals surface area contributed by atoms with Crippen LogP contribution in [-0.2, 0) is 0 Å². The predicted octanol–water partition coefficient (Wildman–Crippen LogP) is 12.0. The Kier molecular flexibility index (Phi) is 7.35. The standard InChI is InChI=1S/C49H30N6O/c1-4-14-31(15-5-1)46-52-47(32-16-6-2-7-17-32)54-49(53-46)48-50-29-34(30-51-48)37-22-13-24-40-39-23-12-21-36(44(39)56-45(37)40)33-26-27-43-41(28-33)38-20-10-11-25-42(38)55(43)35-18-8-3-9-19-35/h1-30H. The molecule has 0 spiro atoms. The Bertz CT molecular complexity index is 3170. The molecule has 11 rings (SSSR count). The normalized spacial score (nSPS) is 11.6. The second-order valence-electron chi connectivity index (χ2n) is 13.7. The van der Waals surface area contributed by atoms with Crippen LogP contribution in [0.4, 0.5) is 0 Å². The lowest BCUT2D eigenvalue weighted by Gasteiger charge is -2.08. The fourth-order valence-corrected chi connectivity index (χ4v) is 7.76. The molecule has 0 amide bonds. The minimum atomic E-state index is 0.403. The molecule has 0 unspecified atom stereocenters. The predicted molar refractivity (Wildman–Crippen MR) is 224 cm³/mol. The second-order valence-corrected chi connectivity index (χ2v) is 13.7. The third-order valence-corrected chi connectivity index (χ3v) is 10.4. The second kappa shape index (κ2) is 13.0. The molecule has 0 fully saturated rings. The van der Waals surface area contributed by atoms with Crippen LogP contribution in [0.5, 0.6) is 0 Å². The van der Waals surface area contributed by atoms with Gasteiger partial charge in [-0.25, -0.2) is 24.9 Å². The zero-order chi connectivity index (χ0) is 37.0. The lowest BCUT2D eigenvalue weighted by atomic mass is 9.99. The van der Waals surface area contributed by atoms with Crippen LogP contribution in [0, 0.1) is 0 Å². The summed E-state index contributed by atoms with van der Waals surface area (Å²) in [6, 6.07) is 58.2. The van der Waals surface area contributed by atoms with Crippen molar-refractivity contribution in [2.24, 2.45) is 0 Å².